The fourth-order valence-electron chi connectivity index (χ4n) is 4.21. The van der Waals surface area contributed by atoms with Gasteiger partial charge in [0.2, 0.25) is 0 Å². The number of hydrazone groups is 1. The Bertz CT molecular complexity index is 903. The van der Waals surface area contributed by atoms with Crippen molar-refractivity contribution in [1.29, 1.82) is 0 Å². The van der Waals surface area contributed by atoms with E-state index in [2.05, 4.69) is 62.2 Å². The predicted molar refractivity (Wildman–Crippen MR) is 118 cm³/mol. The van der Waals surface area contributed by atoms with Gasteiger partial charge < -0.3 is 4.90 Å². The Morgan fingerprint density at radius 1 is 1.32 bits per heavy atom. The first-order chi connectivity index (χ1) is 13.2. The zero-order valence-electron chi connectivity index (χ0n) is 17.2. The van der Waals surface area contributed by atoms with Crippen molar-refractivity contribution < 1.29 is 4.79 Å². The number of nitrogens with one attached hydrogen (secondary N) is 1. The van der Waals surface area contributed by atoms with Crippen molar-refractivity contribution in [3.63, 3.8) is 0 Å². The van der Waals surface area contributed by atoms with E-state index in [0.717, 1.165) is 24.1 Å². The van der Waals surface area contributed by atoms with Gasteiger partial charge in [-0.1, -0.05) is 18.5 Å². The number of anilines is 1. The molecule has 1 aliphatic rings. The third-order valence-corrected chi connectivity index (χ3v) is 5.82. The van der Waals surface area contributed by atoms with E-state index in [0.29, 0.717) is 16.5 Å². The molecule has 0 radical (unpaired) electrons. The van der Waals surface area contributed by atoms with Crippen molar-refractivity contribution >= 4 is 29.4 Å². The number of hydrogen-bond donors (Lipinski definition) is 1. The molecule has 1 N–H and O–H groups in total. The first-order valence-electron chi connectivity index (χ1n) is 9.74. The Kier molecular flexibility index (Phi) is 5.80. The van der Waals surface area contributed by atoms with E-state index < -0.39 is 0 Å². The summed E-state index contributed by atoms with van der Waals surface area (Å²) in [6.45, 7) is 12.2. The number of carbonyl (C=O) groups is 1. The maximum atomic E-state index is 12.2. The van der Waals surface area contributed by atoms with Crippen LogP contribution >= 0.6 is 11.6 Å². The average Bonchev–Trinajstić information content (AvgIpc) is 2.62. The lowest BCUT2D eigenvalue weighted by molar-refractivity contribution is 0.0955. The molecule has 1 aliphatic heterocycles. The first-order valence-corrected chi connectivity index (χ1v) is 10.1. The number of halogens is 1. The fraction of sp³-hybridized carbons (Fsp3) is 0.391. The predicted octanol–water partition coefficient (Wildman–Crippen LogP) is 5.52. The first kappa shape index (κ1) is 20.4. The maximum absolute atomic E-state index is 12.2. The van der Waals surface area contributed by atoms with Gasteiger partial charge in [0.05, 0.1) is 6.21 Å². The van der Waals surface area contributed by atoms with Crippen LogP contribution in [-0.4, -0.2) is 24.2 Å². The van der Waals surface area contributed by atoms with Crippen LogP contribution in [0.3, 0.4) is 0 Å². The summed E-state index contributed by atoms with van der Waals surface area (Å²) in [7, 11) is 0. The molecule has 28 heavy (non-hydrogen) atoms. The van der Waals surface area contributed by atoms with E-state index in [1.165, 1.54) is 11.3 Å². The highest BCUT2D eigenvalue weighted by molar-refractivity contribution is 6.30. The van der Waals surface area contributed by atoms with Crippen LogP contribution in [-0.2, 0) is 0 Å². The minimum atomic E-state index is -0.254. The standard InChI is InChI=1S/C23H28ClN3O/c1-6-27-21-11-15(2)18(12-20(21)16(3)13-23(27,4)5)14-25-26-22(28)17-7-9-19(24)10-8-17/h7-12,14,16H,6,13H2,1-5H3,(H,26,28)/b25-14-/t16-/m1/s1. The van der Waals surface area contributed by atoms with Gasteiger partial charge in [-0.05, 0) is 93.1 Å². The number of rotatable bonds is 4. The zero-order valence-corrected chi connectivity index (χ0v) is 18.0. The zero-order chi connectivity index (χ0) is 20.5. The quantitative estimate of drug-likeness (QED) is 0.545. The van der Waals surface area contributed by atoms with Crippen LogP contribution in [0.4, 0.5) is 5.69 Å². The van der Waals surface area contributed by atoms with E-state index in [1.54, 1.807) is 30.5 Å². The number of amides is 1. The molecule has 0 bridgehead atoms. The van der Waals surface area contributed by atoms with Crippen molar-refractivity contribution in [1.82, 2.24) is 5.43 Å². The van der Waals surface area contributed by atoms with Crippen molar-refractivity contribution in [3.05, 3.63) is 63.7 Å². The van der Waals surface area contributed by atoms with E-state index in [4.69, 9.17) is 11.6 Å². The molecule has 0 aliphatic carbocycles. The van der Waals surface area contributed by atoms with Gasteiger partial charge in [-0.15, -0.1) is 0 Å². The average molecular weight is 398 g/mol. The third-order valence-electron chi connectivity index (χ3n) is 5.57. The number of nitrogens with zero attached hydrogens (tertiary/aromatic N) is 2. The van der Waals surface area contributed by atoms with Gasteiger partial charge in [0.1, 0.15) is 0 Å². The third kappa shape index (κ3) is 4.07. The molecule has 1 heterocycles. The van der Waals surface area contributed by atoms with Gasteiger partial charge in [0.15, 0.2) is 0 Å². The summed E-state index contributed by atoms with van der Waals surface area (Å²) < 4.78 is 0. The molecule has 2 aromatic carbocycles. The molecule has 1 atom stereocenters. The normalized spacial score (nSPS) is 18.2. The molecule has 1 amide bonds. The fourth-order valence-corrected chi connectivity index (χ4v) is 4.34. The molecule has 148 valence electrons. The molecule has 4 nitrogen and oxygen atoms in total. The van der Waals surface area contributed by atoms with Gasteiger partial charge in [-0.25, -0.2) is 5.43 Å². The highest BCUT2D eigenvalue weighted by Gasteiger charge is 2.35. The molecular formula is C23H28ClN3O. The summed E-state index contributed by atoms with van der Waals surface area (Å²) >= 11 is 5.86. The summed E-state index contributed by atoms with van der Waals surface area (Å²) in [6, 6.07) is 11.2. The lowest BCUT2D eigenvalue weighted by atomic mass is 9.79. The van der Waals surface area contributed by atoms with Gasteiger partial charge in [-0.3, -0.25) is 4.79 Å². The molecule has 0 saturated carbocycles. The number of benzene rings is 2. The molecule has 0 unspecified atom stereocenters. The van der Waals surface area contributed by atoms with Crippen LogP contribution in [0.1, 0.15) is 67.1 Å². The Morgan fingerprint density at radius 2 is 2.00 bits per heavy atom. The van der Waals surface area contributed by atoms with Crippen LogP contribution < -0.4 is 10.3 Å². The number of hydrogen-bond acceptors (Lipinski definition) is 3. The molecule has 3 rings (SSSR count). The lowest BCUT2D eigenvalue weighted by Gasteiger charge is -2.47. The summed E-state index contributed by atoms with van der Waals surface area (Å²) in [4.78, 5) is 14.7. The Labute approximate surface area is 172 Å². The molecule has 2 aromatic rings. The van der Waals surface area contributed by atoms with Crippen LogP contribution in [0.2, 0.25) is 5.02 Å². The van der Waals surface area contributed by atoms with Gasteiger partial charge in [0.25, 0.3) is 5.91 Å². The van der Waals surface area contributed by atoms with Gasteiger partial charge in [-0.2, -0.15) is 5.10 Å². The molecular weight excluding hydrogens is 370 g/mol. The lowest BCUT2D eigenvalue weighted by Crippen LogP contribution is -2.48. The Hall–Kier alpha value is -2.33. The topological polar surface area (TPSA) is 44.7 Å². The van der Waals surface area contributed by atoms with Crippen molar-refractivity contribution in [2.24, 2.45) is 5.10 Å². The van der Waals surface area contributed by atoms with Gasteiger partial charge in [0, 0.05) is 28.4 Å². The maximum Gasteiger partial charge on any atom is 0.271 e. The van der Waals surface area contributed by atoms with E-state index >= 15 is 0 Å². The van der Waals surface area contributed by atoms with E-state index in [1.807, 2.05) is 0 Å². The Morgan fingerprint density at radius 3 is 2.64 bits per heavy atom. The largest absolute Gasteiger partial charge is 0.366 e. The van der Waals surface area contributed by atoms with Crippen molar-refractivity contribution in [2.45, 2.75) is 52.5 Å². The van der Waals surface area contributed by atoms with E-state index in [-0.39, 0.29) is 11.4 Å². The number of aryl methyl sites for hydroxylation is 1. The molecule has 0 spiro atoms. The molecule has 5 heteroatoms. The summed E-state index contributed by atoms with van der Waals surface area (Å²) in [6.07, 6.45) is 2.84. The second-order valence-corrected chi connectivity index (χ2v) is 8.57. The van der Waals surface area contributed by atoms with Crippen LogP contribution in [0.15, 0.2) is 41.5 Å². The van der Waals surface area contributed by atoms with Crippen LogP contribution in [0.5, 0.6) is 0 Å². The molecule has 0 saturated heterocycles. The summed E-state index contributed by atoms with van der Waals surface area (Å²) in [5.41, 5.74) is 8.10. The van der Waals surface area contributed by atoms with Crippen molar-refractivity contribution in [3.8, 4) is 0 Å². The highest BCUT2D eigenvalue weighted by atomic mass is 35.5. The Balaban J connectivity index is 1.82. The minimum Gasteiger partial charge on any atom is -0.366 e. The van der Waals surface area contributed by atoms with E-state index in [9.17, 15) is 4.79 Å². The summed E-state index contributed by atoms with van der Waals surface area (Å²) in [5, 5.41) is 4.77. The highest BCUT2D eigenvalue weighted by Crippen LogP contribution is 2.43. The minimum absolute atomic E-state index is 0.149. The number of fused-ring (bicyclic) bond motifs is 1. The molecule has 0 fully saturated rings. The van der Waals surface area contributed by atoms with Crippen LogP contribution in [0, 0.1) is 6.92 Å². The monoisotopic (exact) mass is 397 g/mol. The SMILES string of the molecule is CCN1c2cc(C)c(/C=N\NC(=O)c3ccc(Cl)cc3)cc2[C@H](C)CC1(C)C. The van der Waals surface area contributed by atoms with Gasteiger partial charge >= 0.3 is 0 Å². The summed E-state index contributed by atoms with van der Waals surface area (Å²) in [5.74, 6) is 0.222. The van der Waals surface area contributed by atoms with Crippen LogP contribution in [0.25, 0.3) is 0 Å². The molecule has 0 aromatic heterocycles. The van der Waals surface area contributed by atoms with Crippen molar-refractivity contribution in [2.75, 3.05) is 11.4 Å². The second kappa shape index (κ2) is 7.96. The number of carbonyl (C=O) groups excluding carboxylic acids is 1. The smallest absolute Gasteiger partial charge is 0.271 e. The second-order valence-electron chi connectivity index (χ2n) is 8.14.